The Morgan fingerprint density at radius 1 is 1.11 bits per heavy atom. The predicted molar refractivity (Wildman–Crippen MR) is 36.3 cm³/mol. The van der Waals surface area contributed by atoms with Gasteiger partial charge in [0.05, 0.1) is 17.4 Å². The van der Waals surface area contributed by atoms with Gasteiger partial charge >= 0.3 is 0 Å². The normalized spacial score (nSPS) is 6.78. The molecule has 0 unspecified atom stereocenters. The Kier molecular flexibility index (Phi) is 8.65. The molecular formula is C3H2ClN3Se2. The number of nitrogens with zero attached hydrogens (tertiary/aromatic N) is 3. The summed E-state index contributed by atoms with van der Waals surface area (Å²) in [6.45, 7) is 0. The molecule has 0 amide bonds. The van der Waals surface area contributed by atoms with Gasteiger partial charge in [0.25, 0.3) is 0 Å². The van der Waals surface area contributed by atoms with Gasteiger partial charge in [-0.2, -0.15) is 0 Å². The van der Waals surface area contributed by atoms with Gasteiger partial charge in [-0.05, 0) is 5.21 Å². The Morgan fingerprint density at radius 2 is 1.56 bits per heavy atom. The van der Waals surface area contributed by atoms with E-state index in [1.807, 2.05) is 0 Å². The summed E-state index contributed by atoms with van der Waals surface area (Å²) in [5, 5.41) is 10.6. The molecule has 1 rings (SSSR count). The Hall–Kier alpha value is 0.339. The summed E-state index contributed by atoms with van der Waals surface area (Å²) in [5.74, 6) is 0. The van der Waals surface area contributed by atoms with Crippen LogP contribution in [0.4, 0.5) is 0 Å². The molecule has 0 N–H and O–H groups in total. The van der Waals surface area contributed by atoms with Gasteiger partial charge in [-0.1, -0.05) is 11.6 Å². The fourth-order valence-corrected chi connectivity index (χ4v) is 0.312. The molecule has 3 nitrogen and oxygen atoms in total. The summed E-state index contributed by atoms with van der Waals surface area (Å²) in [6, 6.07) is 0. The van der Waals surface area contributed by atoms with Crippen LogP contribution in [-0.2, 0) is 0 Å². The molecule has 0 aliphatic carbocycles. The second-order valence-electron chi connectivity index (χ2n) is 0.963. The quantitative estimate of drug-likeness (QED) is 0.613. The molecule has 48 valence electrons. The molecule has 9 heavy (non-hydrogen) atoms. The zero-order valence-corrected chi connectivity index (χ0v) is 8.37. The average Bonchev–Trinajstić information content (AvgIpc) is 1.69. The maximum Gasteiger partial charge on any atom is 0.0810 e. The first-order chi connectivity index (χ1) is 3.39. The summed E-state index contributed by atoms with van der Waals surface area (Å²) in [7, 11) is 0. The number of halogens is 1. The summed E-state index contributed by atoms with van der Waals surface area (Å²) in [6.07, 6.45) is 2.85. The Morgan fingerprint density at radius 3 is 1.78 bits per heavy atom. The molecule has 1 aromatic rings. The van der Waals surface area contributed by atoms with Crippen LogP contribution in [0.5, 0.6) is 0 Å². The van der Waals surface area contributed by atoms with E-state index in [0.29, 0.717) is 5.02 Å². The molecule has 0 aromatic carbocycles. The summed E-state index contributed by atoms with van der Waals surface area (Å²) in [5.41, 5.74) is 0. The van der Waals surface area contributed by atoms with Crippen LogP contribution < -0.4 is 0 Å². The Labute approximate surface area is 78.5 Å². The van der Waals surface area contributed by atoms with Gasteiger partial charge < -0.3 is 0 Å². The second kappa shape index (κ2) is 6.46. The third-order valence-corrected chi connectivity index (χ3v) is 0.661. The molecule has 0 atom stereocenters. The third kappa shape index (κ3) is 4.82. The van der Waals surface area contributed by atoms with Crippen molar-refractivity contribution < 1.29 is 0 Å². The first kappa shape index (κ1) is 12.1. The van der Waals surface area contributed by atoms with Gasteiger partial charge in [0.2, 0.25) is 0 Å². The number of hydrogen-bond acceptors (Lipinski definition) is 3. The predicted octanol–water partition coefficient (Wildman–Crippen LogP) is -0.237. The average molecular weight is 273 g/mol. The van der Waals surface area contributed by atoms with Gasteiger partial charge in [-0.15, -0.1) is 10.2 Å². The Bertz CT molecular complexity index is 147. The van der Waals surface area contributed by atoms with Crippen LogP contribution in [0, 0.1) is 0 Å². The topological polar surface area (TPSA) is 38.7 Å². The van der Waals surface area contributed by atoms with Crippen LogP contribution in [0.3, 0.4) is 0 Å². The SMILES string of the molecule is Clc1cnnnc1.[Se].[Se]. The van der Waals surface area contributed by atoms with E-state index in [0.717, 1.165) is 0 Å². The first-order valence-electron chi connectivity index (χ1n) is 1.68. The van der Waals surface area contributed by atoms with E-state index < -0.39 is 0 Å². The molecule has 0 saturated carbocycles. The fraction of sp³-hybridized carbons (Fsp3) is 0. The number of rotatable bonds is 0. The van der Waals surface area contributed by atoms with Gasteiger partial charge in [0.1, 0.15) is 0 Å². The van der Waals surface area contributed by atoms with Crippen LogP contribution in [-0.4, -0.2) is 49.5 Å². The maximum atomic E-state index is 5.37. The molecular weight excluding hydrogens is 271 g/mol. The molecule has 0 saturated heterocycles. The molecule has 1 heterocycles. The van der Waals surface area contributed by atoms with Gasteiger partial charge in [0, 0.05) is 34.1 Å². The van der Waals surface area contributed by atoms with Crippen molar-refractivity contribution in [1.29, 1.82) is 0 Å². The number of hydrogen-bond donors (Lipinski definition) is 0. The summed E-state index contributed by atoms with van der Waals surface area (Å²) >= 11 is 5.37. The monoisotopic (exact) mass is 275 g/mol. The molecule has 1 aromatic heterocycles. The largest absolute Gasteiger partial charge is 0.137 e. The first-order valence-corrected chi connectivity index (χ1v) is 2.06. The number of aromatic nitrogens is 3. The van der Waals surface area contributed by atoms with E-state index in [-0.39, 0.29) is 34.1 Å². The molecule has 0 aliphatic rings. The van der Waals surface area contributed by atoms with Crippen molar-refractivity contribution in [2.75, 3.05) is 0 Å². The van der Waals surface area contributed by atoms with E-state index in [2.05, 4.69) is 15.4 Å². The van der Waals surface area contributed by atoms with Gasteiger partial charge in [-0.3, -0.25) is 0 Å². The molecule has 4 radical (unpaired) electrons. The minimum atomic E-state index is 0. The van der Waals surface area contributed by atoms with Crippen molar-refractivity contribution in [2.24, 2.45) is 0 Å². The van der Waals surface area contributed by atoms with Crippen LogP contribution in [0.15, 0.2) is 12.4 Å². The van der Waals surface area contributed by atoms with Crippen molar-refractivity contribution >= 4 is 45.7 Å². The standard InChI is InChI=1S/C3H2ClN3.2Se/c4-3-1-5-7-6-2-3;;/h1-2H;;. The van der Waals surface area contributed by atoms with Crippen LogP contribution >= 0.6 is 11.6 Å². The molecule has 0 bridgehead atoms. The minimum absolute atomic E-state index is 0. The zero-order chi connectivity index (χ0) is 5.11. The van der Waals surface area contributed by atoms with Crippen molar-refractivity contribution in [1.82, 2.24) is 15.4 Å². The molecule has 0 aliphatic heterocycles. The van der Waals surface area contributed by atoms with E-state index in [4.69, 9.17) is 11.6 Å². The minimum Gasteiger partial charge on any atom is -0.137 e. The summed E-state index contributed by atoms with van der Waals surface area (Å²) in [4.78, 5) is 0. The van der Waals surface area contributed by atoms with Crippen LogP contribution in [0.2, 0.25) is 5.02 Å². The van der Waals surface area contributed by atoms with Crippen molar-refractivity contribution in [3.8, 4) is 0 Å². The molecule has 6 heteroatoms. The van der Waals surface area contributed by atoms with E-state index in [9.17, 15) is 0 Å². The van der Waals surface area contributed by atoms with Gasteiger partial charge in [-0.25, -0.2) is 0 Å². The van der Waals surface area contributed by atoms with E-state index in [1.165, 1.54) is 12.4 Å². The van der Waals surface area contributed by atoms with Crippen molar-refractivity contribution in [3.63, 3.8) is 0 Å². The van der Waals surface area contributed by atoms with Crippen LogP contribution in [0.25, 0.3) is 0 Å². The van der Waals surface area contributed by atoms with Crippen molar-refractivity contribution in [2.45, 2.75) is 0 Å². The van der Waals surface area contributed by atoms with Crippen LogP contribution in [0.1, 0.15) is 0 Å². The van der Waals surface area contributed by atoms with Gasteiger partial charge in [0.15, 0.2) is 0 Å². The van der Waals surface area contributed by atoms with Crippen molar-refractivity contribution in [3.05, 3.63) is 17.4 Å². The Balaban J connectivity index is 0. The molecule has 0 fully saturated rings. The van der Waals surface area contributed by atoms with E-state index in [1.54, 1.807) is 0 Å². The van der Waals surface area contributed by atoms with E-state index >= 15 is 0 Å². The maximum absolute atomic E-state index is 5.37. The molecule has 0 spiro atoms. The second-order valence-corrected chi connectivity index (χ2v) is 1.40. The smallest absolute Gasteiger partial charge is 0.0810 e. The summed E-state index contributed by atoms with van der Waals surface area (Å²) < 4.78 is 0. The fourth-order valence-electron chi connectivity index (χ4n) is 0.225. The zero-order valence-electron chi connectivity index (χ0n) is 4.19. The third-order valence-electron chi connectivity index (χ3n) is 0.465.